The van der Waals surface area contributed by atoms with E-state index in [-0.39, 0.29) is 11.9 Å². The zero-order chi connectivity index (χ0) is 13.7. The van der Waals surface area contributed by atoms with Gasteiger partial charge >= 0.3 is 5.97 Å². The molecule has 2 heteroatoms. The van der Waals surface area contributed by atoms with Crippen LogP contribution in [-0.4, -0.2) is 12.6 Å². The van der Waals surface area contributed by atoms with Crippen LogP contribution in [0.25, 0.3) is 0 Å². The standard InChI is InChI=1S/C17H24O2/c1-3-5-6-13-11-15-9-7-14(17(18)19-4-2)8-10-16(15)12-13/h7-10,13-14H,3-6,11-12H2,1-2H3. The molecule has 0 aromatic heterocycles. The number of carbonyl (C=O) groups is 1. The predicted octanol–water partition coefficient (Wildman–Crippen LogP) is 4.19. The van der Waals surface area contributed by atoms with Crippen molar-refractivity contribution in [3.63, 3.8) is 0 Å². The summed E-state index contributed by atoms with van der Waals surface area (Å²) in [6, 6.07) is 0. The summed E-state index contributed by atoms with van der Waals surface area (Å²) in [5.41, 5.74) is 2.84. The molecule has 0 saturated heterocycles. The molecular weight excluding hydrogens is 236 g/mol. The fraction of sp³-hybridized carbons (Fsp3) is 0.588. The lowest BCUT2D eigenvalue weighted by Crippen LogP contribution is -2.13. The minimum Gasteiger partial charge on any atom is -0.465 e. The Morgan fingerprint density at radius 2 is 1.84 bits per heavy atom. The Morgan fingerprint density at radius 1 is 1.21 bits per heavy atom. The van der Waals surface area contributed by atoms with Crippen LogP contribution >= 0.6 is 0 Å². The fourth-order valence-corrected chi connectivity index (χ4v) is 2.90. The smallest absolute Gasteiger partial charge is 0.316 e. The van der Waals surface area contributed by atoms with Crippen LogP contribution in [0.2, 0.25) is 0 Å². The molecule has 0 radical (unpaired) electrons. The summed E-state index contributed by atoms with van der Waals surface area (Å²) in [7, 11) is 0. The summed E-state index contributed by atoms with van der Waals surface area (Å²) in [5.74, 6) is 0.455. The van der Waals surface area contributed by atoms with Crippen LogP contribution in [0.5, 0.6) is 0 Å². The van der Waals surface area contributed by atoms with Crippen molar-refractivity contribution in [1.82, 2.24) is 0 Å². The summed E-state index contributed by atoms with van der Waals surface area (Å²) < 4.78 is 5.07. The van der Waals surface area contributed by atoms with Crippen molar-refractivity contribution >= 4 is 5.97 Å². The van der Waals surface area contributed by atoms with E-state index in [1.165, 1.54) is 43.3 Å². The number of rotatable bonds is 5. The highest BCUT2D eigenvalue weighted by Gasteiger charge is 2.24. The van der Waals surface area contributed by atoms with Crippen molar-refractivity contribution in [2.75, 3.05) is 6.61 Å². The summed E-state index contributed by atoms with van der Waals surface area (Å²) in [6.07, 6.45) is 14.5. The highest BCUT2D eigenvalue weighted by molar-refractivity contribution is 5.77. The molecule has 0 amide bonds. The molecule has 104 valence electrons. The molecule has 0 bridgehead atoms. The maximum atomic E-state index is 11.7. The van der Waals surface area contributed by atoms with E-state index in [0.29, 0.717) is 6.61 Å². The Morgan fingerprint density at radius 3 is 2.37 bits per heavy atom. The van der Waals surface area contributed by atoms with Gasteiger partial charge in [0.05, 0.1) is 12.5 Å². The highest BCUT2D eigenvalue weighted by atomic mass is 16.5. The van der Waals surface area contributed by atoms with Crippen LogP contribution in [-0.2, 0) is 9.53 Å². The molecule has 0 N–H and O–H groups in total. The quantitative estimate of drug-likeness (QED) is 0.693. The number of esters is 1. The molecule has 0 atom stereocenters. The zero-order valence-electron chi connectivity index (χ0n) is 12.0. The molecule has 0 fully saturated rings. The number of unbranched alkanes of at least 4 members (excludes halogenated alkanes) is 1. The molecule has 0 saturated carbocycles. The van der Waals surface area contributed by atoms with Gasteiger partial charge in [-0.2, -0.15) is 0 Å². The monoisotopic (exact) mass is 260 g/mol. The number of allylic oxidation sites excluding steroid dienone is 4. The van der Waals surface area contributed by atoms with Gasteiger partial charge in [-0.15, -0.1) is 0 Å². The average molecular weight is 260 g/mol. The number of hydrogen-bond acceptors (Lipinski definition) is 2. The molecule has 2 rings (SSSR count). The van der Waals surface area contributed by atoms with Gasteiger partial charge in [0.25, 0.3) is 0 Å². The molecule has 0 aromatic rings. The minimum atomic E-state index is -0.209. The lowest BCUT2D eigenvalue weighted by atomic mass is 9.97. The molecule has 2 aliphatic carbocycles. The van der Waals surface area contributed by atoms with Crippen LogP contribution in [0.3, 0.4) is 0 Å². The average Bonchev–Trinajstić information content (AvgIpc) is 2.69. The Bertz CT molecular complexity index is 389. The van der Waals surface area contributed by atoms with E-state index in [2.05, 4.69) is 19.1 Å². The Labute approximate surface area is 116 Å². The maximum Gasteiger partial charge on any atom is 0.316 e. The zero-order valence-corrected chi connectivity index (χ0v) is 12.0. The van der Waals surface area contributed by atoms with Crippen LogP contribution < -0.4 is 0 Å². The third-order valence-corrected chi connectivity index (χ3v) is 3.96. The van der Waals surface area contributed by atoms with Gasteiger partial charge < -0.3 is 4.74 Å². The predicted molar refractivity (Wildman–Crippen MR) is 77.7 cm³/mol. The maximum absolute atomic E-state index is 11.7. The topological polar surface area (TPSA) is 26.3 Å². The summed E-state index contributed by atoms with van der Waals surface area (Å²) in [4.78, 5) is 11.7. The number of hydrogen-bond donors (Lipinski definition) is 0. The molecule has 19 heavy (non-hydrogen) atoms. The minimum absolute atomic E-state index is 0.140. The third-order valence-electron chi connectivity index (χ3n) is 3.96. The molecule has 0 spiro atoms. The molecule has 2 aliphatic rings. The molecule has 0 unspecified atom stereocenters. The molecule has 0 aromatic carbocycles. The van der Waals surface area contributed by atoms with Gasteiger partial charge in [0.2, 0.25) is 0 Å². The first-order chi connectivity index (χ1) is 9.24. The Hall–Kier alpha value is -1.31. The van der Waals surface area contributed by atoms with Gasteiger partial charge in [0.1, 0.15) is 0 Å². The molecular formula is C17H24O2. The van der Waals surface area contributed by atoms with E-state index in [4.69, 9.17) is 4.74 Å². The van der Waals surface area contributed by atoms with E-state index < -0.39 is 0 Å². The van der Waals surface area contributed by atoms with Crippen LogP contribution in [0, 0.1) is 11.8 Å². The van der Waals surface area contributed by atoms with Gasteiger partial charge in [-0.05, 0) is 43.3 Å². The normalized spacial score (nSPS) is 19.7. The molecule has 2 nitrogen and oxygen atoms in total. The second kappa shape index (κ2) is 6.74. The number of carbonyl (C=O) groups excluding carboxylic acids is 1. The Kier molecular flexibility index (Phi) is 5.00. The highest BCUT2D eigenvalue weighted by Crippen LogP contribution is 2.37. The third kappa shape index (κ3) is 3.59. The largest absolute Gasteiger partial charge is 0.465 e. The van der Waals surface area contributed by atoms with E-state index in [1.807, 2.05) is 19.1 Å². The van der Waals surface area contributed by atoms with Gasteiger partial charge in [0, 0.05) is 0 Å². The van der Waals surface area contributed by atoms with Crippen molar-refractivity contribution in [1.29, 1.82) is 0 Å². The second-order valence-electron chi connectivity index (χ2n) is 5.46. The lowest BCUT2D eigenvalue weighted by molar-refractivity contribution is -0.144. The SMILES string of the molecule is CCCCC1CC2=C(C=CC(C(=O)OCC)C=C2)C1. The van der Waals surface area contributed by atoms with Crippen molar-refractivity contribution in [3.05, 3.63) is 35.5 Å². The van der Waals surface area contributed by atoms with E-state index in [0.717, 1.165) is 5.92 Å². The lowest BCUT2D eigenvalue weighted by Gasteiger charge is -2.09. The van der Waals surface area contributed by atoms with Crippen LogP contribution in [0.15, 0.2) is 35.5 Å². The van der Waals surface area contributed by atoms with Gasteiger partial charge in [-0.1, -0.05) is 44.1 Å². The summed E-state index contributed by atoms with van der Waals surface area (Å²) >= 11 is 0. The van der Waals surface area contributed by atoms with Gasteiger partial charge in [0.15, 0.2) is 0 Å². The second-order valence-corrected chi connectivity index (χ2v) is 5.46. The number of ether oxygens (including phenoxy) is 1. The van der Waals surface area contributed by atoms with E-state index >= 15 is 0 Å². The fourth-order valence-electron chi connectivity index (χ4n) is 2.90. The van der Waals surface area contributed by atoms with Crippen molar-refractivity contribution < 1.29 is 9.53 Å². The first kappa shape index (κ1) is 14.1. The van der Waals surface area contributed by atoms with Crippen molar-refractivity contribution in [3.8, 4) is 0 Å². The molecule has 0 aliphatic heterocycles. The molecule has 0 heterocycles. The van der Waals surface area contributed by atoms with Crippen molar-refractivity contribution in [2.24, 2.45) is 11.8 Å². The summed E-state index contributed by atoms with van der Waals surface area (Å²) in [5, 5.41) is 0. The Balaban J connectivity index is 1.95. The van der Waals surface area contributed by atoms with Crippen LogP contribution in [0.1, 0.15) is 46.0 Å². The van der Waals surface area contributed by atoms with Crippen LogP contribution in [0.4, 0.5) is 0 Å². The summed E-state index contributed by atoms with van der Waals surface area (Å²) in [6.45, 7) is 4.54. The first-order valence-corrected chi connectivity index (χ1v) is 7.49. The van der Waals surface area contributed by atoms with E-state index in [1.54, 1.807) is 0 Å². The first-order valence-electron chi connectivity index (χ1n) is 7.49. The van der Waals surface area contributed by atoms with Crippen molar-refractivity contribution in [2.45, 2.75) is 46.0 Å². The van der Waals surface area contributed by atoms with E-state index in [9.17, 15) is 4.79 Å². The van der Waals surface area contributed by atoms with Gasteiger partial charge in [-0.25, -0.2) is 0 Å². The van der Waals surface area contributed by atoms with Gasteiger partial charge in [-0.3, -0.25) is 4.79 Å².